The maximum atomic E-state index is 10.8. The molecule has 0 spiro atoms. The van der Waals surface area contributed by atoms with Crippen molar-refractivity contribution in [3.8, 4) is 0 Å². The van der Waals surface area contributed by atoms with Gasteiger partial charge >= 0.3 is 5.97 Å². The van der Waals surface area contributed by atoms with Crippen LogP contribution in [0.2, 0.25) is 0 Å². The predicted octanol–water partition coefficient (Wildman–Crippen LogP) is 2.70. The predicted molar refractivity (Wildman–Crippen MR) is 74.0 cm³/mol. The molecular formula is C13H22N2O2S. The number of carboxylic acids is 1. The van der Waals surface area contributed by atoms with Crippen LogP contribution in [-0.2, 0) is 17.8 Å². The van der Waals surface area contributed by atoms with Gasteiger partial charge in [-0.2, -0.15) is 0 Å². The highest BCUT2D eigenvalue weighted by Crippen LogP contribution is 2.21. The quantitative estimate of drug-likeness (QED) is 0.789. The average Bonchev–Trinajstić information content (AvgIpc) is 2.58. The zero-order chi connectivity index (χ0) is 13.5. The summed E-state index contributed by atoms with van der Waals surface area (Å²) in [5, 5.41) is 9.85. The molecule has 1 aromatic heterocycles. The molecule has 5 heteroatoms. The van der Waals surface area contributed by atoms with Crippen LogP contribution in [0.4, 0.5) is 0 Å². The van der Waals surface area contributed by atoms with Crippen LogP contribution >= 0.6 is 11.3 Å². The molecule has 0 saturated heterocycles. The first-order valence-electron chi connectivity index (χ1n) is 6.46. The van der Waals surface area contributed by atoms with Crippen molar-refractivity contribution in [3.05, 3.63) is 15.6 Å². The maximum absolute atomic E-state index is 10.8. The number of aliphatic carboxylic acids is 1. The molecule has 0 amide bonds. The van der Waals surface area contributed by atoms with E-state index in [2.05, 4.69) is 23.7 Å². The van der Waals surface area contributed by atoms with Crippen LogP contribution in [0.3, 0.4) is 0 Å². The lowest BCUT2D eigenvalue weighted by Crippen LogP contribution is -2.25. The van der Waals surface area contributed by atoms with Crippen molar-refractivity contribution in [2.24, 2.45) is 0 Å². The summed E-state index contributed by atoms with van der Waals surface area (Å²) in [5.74, 6) is -0.806. The van der Waals surface area contributed by atoms with Crippen LogP contribution in [0.25, 0.3) is 0 Å². The molecule has 1 rings (SSSR count). The van der Waals surface area contributed by atoms with Crippen molar-refractivity contribution in [1.82, 2.24) is 9.88 Å². The highest BCUT2D eigenvalue weighted by atomic mass is 32.1. The van der Waals surface area contributed by atoms with Gasteiger partial charge in [-0.1, -0.05) is 13.8 Å². The van der Waals surface area contributed by atoms with Crippen molar-refractivity contribution in [2.75, 3.05) is 13.1 Å². The van der Waals surface area contributed by atoms with E-state index in [1.54, 1.807) is 11.3 Å². The van der Waals surface area contributed by atoms with Crippen molar-refractivity contribution in [1.29, 1.82) is 0 Å². The fraction of sp³-hybridized carbons (Fsp3) is 0.692. The van der Waals surface area contributed by atoms with Gasteiger partial charge in [0.2, 0.25) is 0 Å². The Balaban J connectivity index is 2.77. The smallest absolute Gasteiger partial charge is 0.309 e. The Morgan fingerprint density at radius 2 is 1.94 bits per heavy atom. The van der Waals surface area contributed by atoms with Crippen molar-refractivity contribution >= 4 is 17.3 Å². The van der Waals surface area contributed by atoms with Gasteiger partial charge in [-0.25, -0.2) is 4.98 Å². The van der Waals surface area contributed by atoms with Crippen molar-refractivity contribution in [2.45, 2.75) is 46.6 Å². The Labute approximate surface area is 113 Å². The lowest BCUT2D eigenvalue weighted by Gasteiger charge is -2.20. The molecule has 1 N–H and O–H groups in total. The maximum Gasteiger partial charge on any atom is 0.309 e. The van der Waals surface area contributed by atoms with Crippen molar-refractivity contribution < 1.29 is 9.90 Å². The topological polar surface area (TPSA) is 53.4 Å². The summed E-state index contributed by atoms with van der Waals surface area (Å²) in [6, 6.07) is 0. The number of aromatic nitrogens is 1. The first-order valence-corrected chi connectivity index (χ1v) is 7.27. The highest BCUT2D eigenvalue weighted by Gasteiger charge is 2.15. The second-order valence-electron chi connectivity index (χ2n) is 4.45. The third kappa shape index (κ3) is 4.74. The molecule has 0 atom stereocenters. The molecule has 0 aliphatic carbocycles. The third-order valence-corrected chi connectivity index (χ3v) is 3.65. The SMILES string of the molecule is CCCN(CCC)Cc1sc(C)nc1CC(=O)O. The molecule has 18 heavy (non-hydrogen) atoms. The molecule has 102 valence electrons. The Morgan fingerprint density at radius 1 is 1.33 bits per heavy atom. The fourth-order valence-corrected chi connectivity index (χ4v) is 3.02. The van der Waals surface area contributed by atoms with Crippen LogP contribution in [0.15, 0.2) is 0 Å². The lowest BCUT2D eigenvalue weighted by molar-refractivity contribution is -0.136. The molecule has 0 fully saturated rings. The summed E-state index contributed by atoms with van der Waals surface area (Å²) >= 11 is 1.62. The van der Waals surface area contributed by atoms with Gasteiger partial charge in [0, 0.05) is 11.4 Å². The van der Waals surface area contributed by atoms with E-state index in [9.17, 15) is 4.79 Å². The van der Waals surface area contributed by atoms with Crippen molar-refractivity contribution in [3.63, 3.8) is 0 Å². The van der Waals surface area contributed by atoms with E-state index in [-0.39, 0.29) is 6.42 Å². The number of nitrogens with zero attached hydrogens (tertiary/aromatic N) is 2. The van der Waals surface area contributed by atoms with E-state index in [1.165, 1.54) is 0 Å². The minimum atomic E-state index is -0.806. The van der Waals surface area contributed by atoms with Crippen LogP contribution in [-0.4, -0.2) is 34.0 Å². The summed E-state index contributed by atoms with van der Waals surface area (Å²) in [5.41, 5.74) is 0.738. The van der Waals surface area contributed by atoms with E-state index in [0.29, 0.717) is 0 Å². The first kappa shape index (κ1) is 15.1. The van der Waals surface area contributed by atoms with E-state index >= 15 is 0 Å². The van der Waals surface area contributed by atoms with Gasteiger partial charge in [0.15, 0.2) is 0 Å². The molecule has 0 saturated carbocycles. The lowest BCUT2D eigenvalue weighted by atomic mass is 10.2. The largest absolute Gasteiger partial charge is 0.481 e. The summed E-state index contributed by atoms with van der Waals surface area (Å²) in [6.45, 7) is 9.20. The molecule has 0 radical (unpaired) electrons. The second kappa shape index (κ2) is 7.48. The average molecular weight is 270 g/mol. The Bertz CT molecular complexity index is 384. The molecular weight excluding hydrogens is 248 g/mol. The summed E-state index contributed by atoms with van der Waals surface area (Å²) in [4.78, 5) is 18.6. The molecule has 0 unspecified atom stereocenters. The van der Waals surface area contributed by atoms with Crippen LogP contribution < -0.4 is 0 Å². The molecule has 0 aliphatic heterocycles. The Hall–Kier alpha value is -0.940. The Kier molecular flexibility index (Phi) is 6.29. The highest BCUT2D eigenvalue weighted by molar-refractivity contribution is 7.11. The second-order valence-corrected chi connectivity index (χ2v) is 5.74. The van der Waals surface area contributed by atoms with Crippen LogP contribution in [0.5, 0.6) is 0 Å². The summed E-state index contributed by atoms with van der Waals surface area (Å²) in [7, 11) is 0. The van der Waals surface area contributed by atoms with Gasteiger partial charge in [0.1, 0.15) is 0 Å². The number of rotatable bonds is 8. The number of thiazole rings is 1. The monoisotopic (exact) mass is 270 g/mol. The minimum Gasteiger partial charge on any atom is -0.481 e. The third-order valence-electron chi connectivity index (χ3n) is 2.65. The van der Waals surface area contributed by atoms with Gasteiger partial charge in [0.25, 0.3) is 0 Å². The minimum absolute atomic E-state index is 0.0335. The van der Waals surface area contributed by atoms with E-state index in [0.717, 1.165) is 48.1 Å². The van der Waals surface area contributed by atoms with E-state index in [1.807, 2.05) is 6.92 Å². The molecule has 0 bridgehead atoms. The molecule has 4 nitrogen and oxygen atoms in total. The van der Waals surface area contributed by atoms with E-state index < -0.39 is 5.97 Å². The van der Waals surface area contributed by atoms with Crippen LogP contribution in [0.1, 0.15) is 42.3 Å². The number of carboxylic acid groups (broad SMARTS) is 1. The zero-order valence-electron chi connectivity index (χ0n) is 11.4. The van der Waals surface area contributed by atoms with E-state index in [4.69, 9.17) is 5.11 Å². The fourth-order valence-electron chi connectivity index (χ4n) is 2.02. The Morgan fingerprint density at radius 3 is 2.44 bits per heavy atom. The summed E-state index contributed by atoms with van der Waals surface area (Å²) < 4.78 is 0. The number of aryl methyl sites for hydroxylation is 1. The first-order chi connectivity index (χ1) is 8.56. The summed E-state index contributed by atoms with van der Waals surface area (Å²) in [6.07, 6.45) is 2.27. The standard InChI is InChI=1S/C13H22N2O2S/c1-4-6-15(7-5-2)9-12-11(8-13(16)17)14-10(3)18-12/h4-9H2,1-3H3,(H,16,17). The normalized spacial score (nSPS) is 11.1. The number of hydrogen-bond acceptors (Lipinski definition) is 4. The van der Waals surface area contributed by atoms with Gasteiger partial charge < -0.3 is 5.11 Å². The number of carbonyl (C=O) groups is 1. The molecule has 0 aromatic carbocycles. The van der Waals surface area contributed by atoms with Crippen LogP contribution in [0, 0.1) is 6.92 Å². The van der Waals surface area contributed by atoms with Gasteiger partial charge in [-0.05, 0) is 32.9 Å². The van der Waals surface area contributed by atoms with Gasteiger partial charge in [0.05, 0.1) is 17.1 Å². The number of hydrogen-bond donors (Lipinski definition) is 1. The zero-order valence-corrected chi connectivity index (χ0v) is 12.2. The molecule has 1 aromatic rings. The molecule has 0 aliphatic rings. The molecule has 1 heterocycles. The van der Waals surface area contributed by atoms with Gasteiger partial charge in [-0.15, -0.1) is 11.3 Å². The van der Waals surface area contributed by atoms with Gasteiger partial charge in [-0.3, -0.25) is 9.69 Å².